The van der Waals surface area contributed by atoms with Crippen molar-refractivity contribution in [2.75, 3.05) is 0 Å². The van der Waals surface area contributed by atoms with Crippen molar-refractivity contribution >= 4 is 0 Å². The van der Waals surface area contributed by atoms with E-state index in [1.54, 1.807) is 0 Å². The Kier molecular flexibility index (Phi) is 0.558. The van der Waals surface area contributed by atoms with Crippen LogP contribution in [0.3, 0.4) is 0 Å². The van der Waals surface area contributed by atoms with Crippen molar-refractivity contribution in [1.29, 1.82) is 0 Å². The van der Waals surface area contributed by atoms with Gasteiger partial charge in [-0.15, -0.1) is 0 Å². The van der Waals surface area contributed by atoms with E-state index >= 15 is 0 Å². The largest absolute Gasteiger partial charge is 0.357 e. The van der Waals surface area contributed by atoms with Gasteiger partial charge >= 0.3 is 5.92 Å². The number of halogens is 3. The third-order valence-corrected chi connectivity index (χ3v) is 0.892. The van der Waals surface area contributed by atoms with Crippen LogP contribution in [0.5, 0.6) is 0 Å². The summed E-state index contributed by atoms with van der Waals surface area (Å²) >= 11 is 0. The predicted octanol–water partition coefficient (Wildman–Crippen LogP) is 0.683. The minimum atomic E-state index is -3.47. The Morgan fingerprint density at radius 3 is 1.43 bits per heavy atom. The van der Waals surface area contributed by atoms with E-state index in [-0.39, 0.29) is 0 Å². The van der Waals surface area contributed by atoms with Crippen molar-refractivity contribution in [3.63, 3.8) is 0 Å². The molecule has 0 amide bonds. The Labute approximate surface area is 37.8 Å². The molecule has 1 atom stereocenters. The topological polar surface area (TPSA) is 20.2 Å². The number of hydrogen-bond acceptors (Lipinski definition) is 1. The molecule has 0 aromatic heterocycles. The van der Waals surface area contributed by atoms with Crippen LogP contribution in [-0.4, -0.2) is 16.9 Å². The third-order valence-electron chi connectivity index (χ3n) is 0.892. The second-order valence-corrected chi connectivity index (χ2v) is 1.64. The summed E-state index contributed by atoms with van der Waals surface area (Å²) in [5.74, 6) is -6.65. The second-order valence-electron chi connectivity index (χ2n) is 1.64. The van der Waals surface area contributed by atoms with E-state index in [0.717, 1.165) is 0 Å². The van der Waals surface area contributed by atoms with Crippen molar-refractivity contribution in [2.45, 2.75) is 18.2 Å². The lowest BCUT2D eigenvalue weighted by Crippen LogP contribution is -2.09. The van der Waals surface area contributed by atoms with Crippen molar-refractivity contribution in [1.82, 2.24) is 0 Å². The highest BCUT2D eigenvalue weighted by molar-refractivity contribution is 5.03. The number of alkyl halides is 3. The third kappa shape index (κ3) is 0.497. The summed E-state index contributed by atoms with van der Waals surface area (Å²) in [5.41, 5.74) is 0. The molecule has 0 radical (unpaired) electrons. The fraction of sp³-hybridized carbons (Fsp3) is 1.00. The van der Waals surface area contributed by atoms with E-state index < -0.39 is 18.2 Å². The first-order valence-corrected chi connectivity index (χ1v) is 1.75. The summed E-state index contributed by atoms with van der Waals surface area (Å²) in [6, 6.07) is 0. The zero-order valence-corrected chi connectivity index (χ0v) is 3.29. The molecule has 1 nitrogen and oxygen atoms in total. The number of hydrogen-bond donors (Lipinski definition) is 1. The molecule has 0 aromatic carbocycles. The van der Waals surface area contributed by atoms with Gasteiger partial charge in [-0.05, 0) is 0 Å². The zero-order valence-electron chi connectivity index (χ0n) is 3.29. The first-order valence-electron chi connectivity index (χ1n) is 1.75. The molecule has 1 aliphatic carbocycles. The lowest BCUT2D eigenvalue weighted by molar-refractivity contribution is -0.0862. The highest BCUT2D eigenvalue weighted by Crippen LogP contribution is 2.53. The molecule has 0 spiro atoms. The Bertz CT molecular complexity index is 86.4. The molecule has 1 fully saturated rings. The van der Waals surface area contributed by atoms with Crippen LogP contribution in [-0.2, 0) is 0 Å². The van der Waals surface area contributed by atoms with Crippen molar-refractivity contribution in [3.8, 4) is 0 Å². The van der Waals surface area contributed by atoms with Crippen LogP contribution in [0.15, 0.2) is 0 Å². The van der Waals surface area contributed by atoms with Gasteiger partial charge in [0.05, 0.1) is 6.42 Å². The van der Waals surface area contributed by atoms with E-state index in [9.17, 15) is 13.2 Å². The van der Waals surface area contributed by atoms with Crippen LogP contribution >= 0.6 is 0 Å². The molecular formula is C3H3F3O. The Morgan fingerprint density at radius 1 is 1.29 bits per heavy atom. The van der Waals surface area contributed by atoms with Gasteiger partial charge < -0.3 is 5.11 Å². The highest BCUT2D eigenvalue weighted by atomic mass is 19.3. The molecule has 1 rings (SSSR count). The Morgan fingerprint density at radius 2 is 1.43 bits per heavy atom. The molecule has 1 aliphatic rings. The van der Waals surface area contributed by atoms with Crippen LogP contribution in [0.25, 0.3) is 0 Å². The molecule has 42 valence electrons. The molecule has 7 heavy (non-hydrogen) atoms. The maximum atomic E-state index is 11.4. The fourth-order valence-corrected chi connectivity index (χ4v) is 0.250. The summed E-state index contributed by atoms with van der Waals surface area (Å²) in [4.78, 5) is 0. The first kappa shape index (κ1) is 4.90. The van der Waals surface area contributed by atoms with Gasteiger partial charge in [-0.3, -0.25) is 0 Å². The summed E-state index contributed by atoms with van der Waals surface area (Å²) in [5, 5.41) is 7.74. The maximum Gasteiger partial charge on any atom is 0.311 e. The van der Waals surface area contributed by atoms with E-state index in [1.807, 2.05) is 0 Å². The van der Waals surface area contributed by atoms with Crippen molar-refractivity contribution in [2.24, 2.45) is 0 Å². The summed E-state index contributed by atoms with van der Waals surface area (Å²) in [6.07, 6.45) is -1.04. The van der Waals surface area contributed by atoms with Crippen molar-refractivity contribution < 1.29 is 18.3 Å². The molecule has 1 N–H and O–H groups in total. The van der Waals surface area contributed by atoms with Gasteiger partial charge in [0.25, 0.3) is 5.85 Å². The minimum Gasteiger partial charge on any atom is -0.357 e. The average molecular weight is 112 g/mol. The van der Waals surface area contributed by atoms with Crippen LogP contribution in [0.1, 0.15) is 6.42 Å². The molecule has 0 aromatic rings. The van der Waals surface area contributed by atoms with Gasteiger partial charge in [-0.2, -0.15) is 0 Å². The lowest BCUT2D eigenvalue weighted by Gasteiger charge is -1.91. The van der Waals surface area contributed by atoms with Crippen molar-refractivity contribution in [3.05, 3.63) is 0 Å². The molecule has 1 saturated carbocycles. The van der Waals surface area contributed by atoms with E-state index in [4.69, 9.17) is 5.11 Å². The second kappa shape index (κ2) is 0.798. The van der Waals surface area contributed by atoms with E-state index in [1.165, 1.54) is 0 Å². The zero-order chi connectivity index (χ0) is 5.71. The summed E-state index contributed by atoms with van der Waals surface area (Å²) < 4.78 is 34.0. The molecule has 0 saturated heterocycles. The van der Waals surface area contributed by atoms with Gasteiger partial charge in [0.15, 0.2) is 0 Å². The first-order chi connectivity index (χ1) is 2.96. The minimum absolute atomic E-state index is 1.04. The van der Waals surface area contributed by atoms with E-state index in [0.29, 0.717) is 0 Å². The summed E-state index contributed by atoms with van der Waals surface area (Å²) in [7, 11) is 0. The SMILES string of the molecule is OC1(F)CC1(F)F. The van der Waals surface area contributed by atoms with Crippen LogP contribution in [0, 0.1) is 0 Å². The number of rotatable bonds is 0. The average Bonchev–Trinajstić information content (AvgIpc) is 1.63. The lowest BCUT2D eigenvalue weighted by atomic mass is 10.7. The van der Waals surface area contributed by atoms with Crippen LogP contribution in [0.4, 0.5) is 13.2 Å². The van der Waals surface area contributed by atoms with Gasteiger partial charge in [0.2, 0.25) is 0 Å². The standard InChI is InChI=1S/C3H3F3O/c4-2(5)1-3(2,6)7/h7H,1H2. The molecule has 1 unspecified atom stereocenters. The Hall–Kier alpha value is -0.250. The highest BCUT2D eigenvalue weighted by Gasteiger charge is 2.73. The van der Waals surface area contributed by atoms with Crippen LogP contribution in [0.2, 0.25) is 0 Å². The van der Waals surface area contributed by atoms with Gasteiger partial charge in [-0.1, -0.05) is 0 Å². The molecule has 0 heterocycles. The Balaban J connectivity index is 2.59. The van der Waals surface area contributed by atoms with Gasteiger partial charge in [0.1, 0.15) is 0 Å². The van der Waals surface area contributed by atoms with Gasteiger partial charge in [0, 0.05) is 0 Å². The van der Waals surface area contributed by atoms with Gasteiger partial charge in [-0.25, -0.2) is 13.2 Å². The number of aliphatic hydroxyl groups is 1. The quantitative estimate of drug-likeness (QED) is 0.488. The molecule has 0 aliphatic heterocycles. The molecule has 0 bridgehead atoms. The monoisotopic (exact) mass is 112 g/mol. The predicted molar refractivity (Wildman–Crippen MR) is 15.6 cm³/mol. The maximum absolute atomic E-state index is 11.4. The van der Waals surface area contributed by atoms with E-state index in [2.05, 4.69) is 0 Å². The summed E-state index contributed by atoms with van der Waals surface area (Å²) in [6.45, 7) is 0. The fourth-order valence-electron chi connectivity index (χ4n) is 0.250. The normalized spacial score (nSPS) is 46.3. The van der Waals surface area contributed by atoms with Crippen LogP contribution < -0.4 is 0 Å². The smallest absolute Gasteiger partial charge is 0.311 e. The molecule has 4 heteroatoms. The molecular weight excluding hydrogens is 109 g/mol.